The molecule has 1 heterocycles. The van der Waals surface area contributed by atoms with E-state index < -0.39 is 18.3 Å². The topological polar surface area (TPSA) is 84.9 Å². The Bertz CT molecular complexity index is 529. The van der Waals surface area contributed by atoms with Crippen molar-refractivity contribution < 1.29 is 24.2 Å². The Hall–Kier alpha value is -2.24. The molecule has 1 atom stereocenters. The maximum Gasteiger partial charge on any atom is 0.409 e. The molecule has 1 aromatic carbocycles. The second-order valence-corrected chi connectivity index (χ2v) is 4.88. The normalized spacial score (nSPS) is 16.5. The van der Waals surface area contributed by atoms with E-state index in [1.54, 1.807) is 6.07 Å². The number of ether oxygens (including phenoxy) is 2. The molecule has 0 radical (unpaired) electrons. The minimum Gasteiger partial charge on any atom is -0.478 e. The lowest BCUT2D eigenvalue weighted by atomic mass is 10.0. The summed E-state index contributed by atoms with van der Waals surface area (Å²) < 4.78 is 10.6. The predicted molar refractivity (Wildman–Crippen MR) is 75.5 cm³/mol. The highest BCUT2D eigenvalue weighted by molar-refractivity contribution is 5.91. The highest BCUT2D eigenvalue weighted by Gasteiger charge is 2.25. The molecule has 1 aliphatic heterocycles. The van der Waals surface area contributed by atoms with Crippen LogP contribution in [0.3, 0.4) is 0 Å². The lowest BCUT2D eigenvalue weighted by Gasteiger charge is -2.27. The number of hydrogen-bond acceptors (Lipinski definition) is 4. The fraction of sp³-hybridized carbons (Fsp3) is 0.467. The summed E-state index contributed by atoms with van der Waals surface area (Å²) in [4.78, 5) is 22.8. The molecule has 1 aliphatic rings. The van der Waals surface area contributed by atoms with Crippen molar-refractivity contribution in [3.05, 3.63) is 29.3 Å². The van der Waals surface area contributed by atoms with E-state index in [1.165, 1.54) is 6.07 Å². The number of carbonyl (C=O) groups excluding carboxylic acids is 1. The molecule has 0 fully saturated rings. The van der Waals surface area contributed by atoms with Crippen LogP contribution in [0.1, 0.15) is 42.1 Å². The number of carbonyl (C=O) groups is 2. The van der Waals surface area contributed by atoms with E-state index in [2.05, 4.69) is 5.32 Å². The Labute approximate surface area is 123 Å². The Morgan fingerprint density at radius 3 is 3.00 bits per heavy atom. The third kappa shape index (κ3) is 3.87. The molecule has 1 aromatic rings. The van der Waals surface area contributed by atoms with Crippen molar-refractivity contribution in [2.24, 2.45) is 0 Å². The lowest BCUT2D eigenvalue weighted by molar-refractivity contribution is 0.0679. The summed E-state index contributed by atoms with van der Waals surface area (Å²) in [6.45, 7) is 2.38. The molecule has 0 aliphatic carbocycles. The Kier molecular flexibility index (Phi) is 5.03. The van der Waals surface area contributed by atoms with Crippen molar-refractivity contribution in [2.45, 2.75) is 38.8 Å². The van der Waals surface area contributed by atoms with Crippen LogP contribution >= 0.6 is 0 Å². The van der Waals surface area contributed by atoms with Crippen molar-refractivity contribution in [2.75, 3.05) is 6.61 Å². The minimum absolute atomic E-state index is 0.110. The number of carboxylic acids is 1. The Balaban J connectivity index is 1.98. The third-order valence-corrected chi connectivity index (χ3v) is 3.27. The second-order valence-electron chi connectivity index (χ2n) is 4.88. The van der Waals surface area contributed by atoms with Gasteiger partial charge in [0.25, 0.3) is 0 Å². The number of alkyl carbamates (subject to hydrolysis) is 1. The Morgan fingerprint density at radius 1 is 1.48 bits per heavy atom. The summed E-state index contributed by atoms with van der Waals surface area (Å²) in [5, 5.41) is 11.8. The first-order valence-corrected chi connectivity index (χ1v) is 7.07. The number of amides is 1. The van der Waals surface area contributed by atoms with Gasteiger partial charge in [-0.2, -0.15) is 0 Å². The molecule has 1 unspecified atom stereocenters. The fourth-order valence-corrected chi connectivity index (χ4v) is 2.16. The number of hydrogen-bond donors (Lipinski definition) is 2. The molecule has 0 aromatic heterocycles. The minimum atomic E-state index is -1.04. The van der Waals surface area contributed by atoms with Gasteiger partial charge < -0.3 is 14.6 Å². The molecule has 2 N–H and O–H groups in total. The number of rotatable bonds is 5. The van der Waals surface area contributed by atoms with Gasteiger partial charge in [-0.3, -0.25) is 5.32 Å². The molecule has 0 saturated heterocycles. The number of unbranched alkanes of at least 4 members (excludes halogenated alkanes) is 1. The van der Waals surface area contributed by atoms with E-state index in [-0.39, 0.29) is 5.56 Å². The molecule has 0 bridgehead atoms. The van der Waals surface area contributed by atoms with Crippen LogP contribution in [0.15, 0.2) is 18.2 Å². The largest absolute Gasteiger partial charge is 0.478 e. The summed E-state index contributed by atoms with van der Waals surface area (Å²) >= 11 is 0. The van der Waals surface area contributed by atoms with E-state index in [0.29, 0.717) is 25.2 Å². The number of benzene rings is 1. The van der Waals surface area contributed by atoms with Gasteiger partial charge in [-0.05, 0) is 24.5 Å². The standard InChI is InChI=1S/C15H19NO5/c1-2-3-9-20-15(19)16-12-8-7-10-5-4-6-11(14(17)18)13(10)21-12/h4-6,12H,2-3,7-9H2,1H3,(H,16,19)(H,17,18). The SMILES string of the molecule is CCCCOC(=O)NC1CCc2cccc(C(=O)O)c2O1. The first-order valence-electron chi connectivity index (χ1n) is 7.07. The van der Waals surface area contributed by atoms with Crippen LogP contribution in [-0.4, -0.2) is 30.0 Å². The maximum atomic E-state index is 11.6. The summed E-state index contributed by atoms with van der Waals surface area (Å²) in [5.74, 6) is -0.715. The van der Waals surface area contributed by atoms with E-state index in [9.17, 15) is 9.59 Å². The van der Waals surface area contributed by atoms with Crippen molar-refractivity contribution in [3.8, 4) is 5.75 Å². The zero-order chi connectivity index (χ0) is 15.2. The van der Waals surface area contributed by atoms with Crippen molar-refractivity contribution in [1.29, 1.82) is 0 Å². The van der Waals surface area contributed by atoms with Gasteiger partial charge in [-0.1, -0.05) is 25.5 Å². The van der Waals surface area contributed by atoms with Crippen LogP contribution in [0, 0.1) is 0 Å². The van der Waals surface area contributed by atoms with Crippen LogP contribution in [0.4, 0.5) is 4.79 Å². The monoisotopic (exact) mass is 293 g/mol. The third-order valence-electron chi connectivity index (χ3n) is 3.27. The summed E-state index contributed by atoms with van der Waals surface area (Å²) in [6, 6.07) is 5.01. The van der Waals surface area contributed by atoms with Crippen LogP contribution in [0.25, 0.3) is 0 Å². The van der Waals surface area contributed by atoms with Gasteiger partial charge in [0.05, 0.1) is 6.61 Å². The van der Waals surface area contributed by atoms with Crippen LogP contribution in [0.2, 0.25) is 0 Å². The van der Waals surface area contributed by atoms with Crippen LogP contribution < -0.4 is 10.1 Å². The molecular formula is C15H19NO5. The molecule has 6 heteroatoms. The van der Waals surface area contributed by atoms with Gasteiger partial charge >= 0.3 is 12.1 Å². The van der Waals surface area contributed by atoms with Gasteiger partial charge in [0, 0.05) is 6.42 Å². The van der Waals surface area contributed by atoms with Crippen molar-refractivity contribution >= 4 is 12.1 Å². The first kappa shape index (κ1) is 15.2. The molecule has 0 saturated carbocycles. The fourth-order valence-electron chi connectivity index (χ4n) is 2.16. The highest BCUT2D eigenvalue weighted by atomic mass is 16.6. The van der Waals surface area contributed by atoms with Gasteiger partial charge in [-0.15, -0.1) is 0 Å². The van der Waals surface area contributed by atoms with Gasteiger partial charge in [0.1, 0.15) is 11.3 Å². The summed E-state index contributed by atoms with van der Waals surface area (Å²) in [5.41, 5.74) is 0.950. The molecule has 2 rings (SSSR count). The van der Waals surface area contributed by atoms with Crippen molar-refractivity contribution in [1.82, 2.24) is 5.32 Å². The van der Waals surface area contributed by atoms with Gasteiger partial charge in [0.15, 0.2) is 6.23 Å². The van der Waals surface area contributed by atoms with Crippen molar-refractivity contribution in [3.63, 3.8) is 0 Å². The van der Waals surface area contributed by atoms with E-state index in [0.717, 1.165) is 18.4 Å². The zero-order valence-electron chi connectivity index (χ0n) is 11.9. The number of aromatic carboxylic acids is 1. The summed E-state index contributed by atoms with van der Waals surface area (Å²) in [6.07, 6.45) is 1.89. The molecule has 0 spiro atoms. The average Bonchev–Trinajstić information content (AvgIpc) is 2.46. The second kappa shape index (κ2) is 6.97. The first-order chi connectivity index (χ1) is 10.1. The van der Waals surface area contributed by atoms with Crippen LogP contribution in [-0.2, 0) is 11.2 Å². The maximum absolute atomic E-state index is 11.6. The zero-order valence-corrected chi connectivity index (χ0v) is 11.9. The predicted octanol–water partition coefficient (Wildman–Crippen LogP) is 2.56. The smallest absolute Gasteiger partial charge is 0.409 e. The molecule has 21 heavy (non-hydrogen) atoms. The number of para-hydroxylation sites is 1. The quantitative estimate of drug-likeness (QED) is 0.815. The van der Waals surface area contributed by atoms with Gasteiger partial charge in [-0.25, -0.2) is 9.59 Å². The van der Waals surface area contributed by atoms with E-state index in [4.69, 9.17) is 14.6 Å². The molecule has 6 nitrogen and oxygen atoms in total. The number of nitrogens with one attached hydrogen (secondary N) is 1. The van der Waals surface area contributed by atoms with Gasteiger partial charge in [0.2, 0.25) is 0 Å². The molecule has 1 amide bonds. The van der Waals surface area contributed by atoms with Crippen LogP contribution in [0.5, 0.6) is 5.75 Å². The Morgan fingerprint density at radius 2 is 2.29 bits per heavy atom. The van der Waals surface area contributed by atoms with E-state index in [1.807, 2.05) is 13.0 Å². The molecule has 114 valence electrons. The highest BCUT2D eigenvalue weighted by Crippen LogP contribution is 2.30. The van der Waals surface area contributed by atoms with E-state index >= 15 is 0 Å². The summed E-state index contributed by atoms with van der Waals surface area (Å²) in [7, 11) is 0. The number of fused-ring (bicyclic) bond motifs is 1. The average molecular weight is 293 g/mol. The molecular weight excluding hydrogens is 274 g/mol. The number of aryl methyl sites for hydroxylation is 1. The lowest BCUT2D eigenvalue weighted by Crippen LogP contribution is -2.42. The number of carboxylic acid groups (broad SMARTS) is 1.